The van der Waals surface area contributed by atoms with Gasteiger partial charge in [0, 0.05) is 0 Å². The van der Waals surface area contributed by atoms with Gasteiger partial charge in [-0.2, -0.15) is 0 Å². The van der Waals surface area contributed by atoms with Gasteiger partial charge in [0.05, 0.1) is 16.7 Å². The van der Waals surface area contributed by atoms with Crippen molar-refractivity contribution in [1.82, 2.24) is 0 Å². The van der Waals surface area contributed by atoms with E-state index in [9.17, 15) is 70.6 Å². The van der Waals surface area contributed by atoms with Crippen LogP contribution in [0.5, 0.6) is 51.7 Å². The summed E-state index contributed by atoms with van der Waals surface area (Å²) in [6.45, 7) is -2.11. The summed E-state index contributed by atoms with van der Waals surface area (Å²) >= 11 is 0. The van der Waals surface area contributed by atoms with E-state index < -0.39 is 124 Å². The third-order valence-corrected chi connectivity index (χ3v) is 6.51. The summed E-state index contributed by atoms with van der Waals surface area (Å²) in [5.74, 6) is -12.2. The lowest BCUT2D eigenvalue weighted by Crippen LogP contribution is -2.54. The predicted octanol–water partition coefficient (Wildman–Crippen LogP) is -0.275. The Kier molecular flexibility index (Phi) is 8.58. The molecule has 1 saturated heterocycles. The minimum absolute atomic E-state index is 0.463. The average Bonchev–Trinajstić information content (AvgIpc) is 3.22. The van der Waals surface area contributed by atoms with Crippen LogP contribution in [0.3, 0.4) is 0 Å². The Labute approximate surface area is 249 Å². The molecule has 4 unspecified atom stereocenters. The summed E-state index contributed by atoms with van der Waals surface area (Å²) in [4.78, 5) is 37.8. The highest BCUT2D eigenvalue weighted by Crippen LogP contribution is 2.39. The van der Waals surface area contributed by atoms with Crippen molar-refractivity contribution in [3.8, 4) is 51.7 Å². The quantitative estimate of drug-likeness (QED) is 0.0860. The van der Waals surface area contributed by atoms with Gasteiger partial charge in [-0.3, -0.25) is 0 Å². The van der Waals surface area contributed by atoms with Crippen LogP contribution in [-0.4, -0.2) is 111 Å². The summed E-state index contributed by atoms with van der Waals surface area (Å²) in [6, 6.07) is 4.23. The number of aromatic hydroxyl groups is 9. The summed E-state index contributed by atoms with van der Waals surface area (Å²) in [5.41, 5.74) is -4.42. The van der Waals surface area contributed by atoms with Crippen LogP contribution in [0.1, 0.15) is 31.1 Å². The summed E-state index contributed by atoms with van der Waals surface area (Å²) < 4.78 is 20.4. The van der Waals surface area contributed by atoms with Crippen LogP contribution in [0.2, 0.25) is 0 Å². The van der Waals surface area contributed by atoms with E-state index in [0.29, 0.717) is 24.3 Å². The third-order valence-electron chi connectivity index (χ3n) is 6.51. The standard InChI is InChI=1S/C27H24O18/c28-12-1-9(2-13(29)19(12)34)23(38)42-7-18-22(37)27(41,8-43-24(39)10-3-14(30)20(35)15(31)4-10)26(44-18)45-25(40)11-5-16(32)21(36)17(33)6-11/h1-6,18,22,26,28-37,41H,7-8H2. The van der Waals surface area contributed by atoms with E-state index in [-0.39, 0.29) is 0 Å². The Morgan fingerprint density at radius 3 is 1.38 bits per heavy atom. The van der Waals surface area contributed by atoms with Crippen molar-refractivity contribution in [3.05, 3.63) is 53.1 Å². The van der Waals surface area contributed by atoms with Gasteiger partial charge in [0.2, 0.25) is 6.29 Å². The second kappa shape index (κ2) is 12.0. The first kappa shape index (κ1) is 32.1. The molecule has 0 saturated carbocycles. The molecule has 0 amide bonds. The van der Waals surface area contributed by atoms with Crippen molar-refractivity contribution in [2.24, 2.45) is 0 Å². The Bertz CT molecular complexity index is 1600. The maximum Gasteiger partial charge on any atom is 0.340 e. The first-order valence-corrected chi connectivity index (χ1v) is 12.4. The van der Waals surface area contributed by atoms with Crippen LogP contribution in [0.4, 0.5) is 0 Å². The molecule has 1 aliphatic rings. The Morgan fingerprint density at radius 1 is 0.622 bits per heavy atom. The van der Waals surface area contributed by atoms with E-state index in [1.807, 2.05) is 0 Å². The minimum Gasteiger partial charge on any atom is -0.504 e. The fraction of sp³-hybridized carbons (Fsp3) is 0.222. The number of ether oxygens (including phenoxy) is 4. The van der Waals surface area contributed by atoms with Gasteiger partial charge in [0.25, 0.3) is 0 Å². The molecule has 18 nitrogen and oxygen atoms in total. The van der Waals surface area contributed by atoms with Crippen LogP contribution in [0.15, 0.2) is 36.4 Å². The first-order chi connectivity index (χ1) is 21.0. The van der Waals surface area contributed by atoms with Gasteiger partial charge in [0.1, 0.15) is 25.4 Å². The number of carbonyl (C=O) groups excluding carboxylic acids is 3. The third kappa shape index (κ3) is 6.27. The summed E-state index contributed by atoms with van der Waals surface area (Å²) in [5, 5.41) is 109. The molecule has 4 atom stereocenters. The van der Waals surface area contributed by atoms with Crippen molar-refractivity contribution >= 4 is 17.9 Å². The molecule has 0 spiro atoms. The number of rotatable bonds is 8. The lowest BCUT2D eigenvalue weighted by atomic mass is 9.96. The molecule has 4 rings (SSSR count). The fourth-order valence-electron chi connectivity index (χ4n) is 4.06. The lowest BCUT2D eigenvalue weighted by molar-refractivity contribution is -0.193. The zero-order chi connectivity index (χ0) is 33.4. The van der Waals surface area contributed by atoms with Crippen molar-refractivity contribution in [2.45, 2.75) is 24.1 Å². The van der Waals surface area contributed by atoms with Crippen LogP contribution in [0, 0.1) is 0 Å². The monoisotopic (exact) mass is 636 g/mol. The zero-order valence-corrected chi connectivity index (χ0v) is 22.4. The molecule has 1 fully saturated rings. The number of hydrogen-bond acceptors (Lipinski definition) is 18. The summed E-state index contributed by atoms with van der Waals surface area (Å²) in [6.07, 6.45) is -6.11. The van der Waals surface area contributed by atoms with Crippen LogP contribution in [0.25, 0.3) is 0 Å². The molecular formula is C27H24O18. The highest BCUT2D eigenvalue weighted by molar-refractivity contribution is 5.92. The molecule has 3 aromatic carbocycles. The molecule has 3 aromatic rings. The van der Waals surface area contributed by atoms with Crippen molar-refractivity contribution in [2.75, 3.05) is 13.2 Å². The van der Waals surface area contributed by atoms with E-state index in [1.165, 1.54) is 0 Å². The van der Waals surface area contributed by atoms with E-state index in [2.05, 4.69) is 0 Å². The van der Waals surface area contributed by atoms with Crippen molar-refractivity contribution < 1.29 is 89.5 Å². The van der Waals surface area contributed by atoms with Crippen LogP contribution in [-0.2, 0) is 18.9 Å². The largest absolute Gasteiger partial charge is 0.504 e. The molecule has 0 aromatic heterocycles. The Morgan fingerprint density at radius 2 is 0.978 bits per heavy atom. The van der Waals surface area contributed by atoms with Gasteiger partial charge in [-0.25, -0.2) is 14.4 Å². The predicted molar refractivity (Wildman–Crippen MR) is 140 cm³/mol. The number of phenols is 9. The molecule has 1 heterocycles. The number of hydrogen-bond donors (Lipinski definition) is 11. The van der Waals surface area contributed by atoms with E-state index >= 15 is 0 Å². The molecule has 240 valence electrons. The van der Waals surface area contributed by atoms with Gasteiger partial charge < -0.3 is 75.1 Å². The maximum atomic E-state index is 12.8. The molecule has 0 bridgehead atoms. The SMILES string of the molecule is O=C(OCC1OC(OC(=O)c2cc(O)c(O)c(O)c2)C(O)(COC(=O)c2cc(O)c(O)c(O)c2)C1O)c1cc(O)c(O)c(O)c1. The van der Waals surface area contributed by atoms with E-state index in [1.54, 1.807) is 0 Å². The Hall–Kier alpha value is -5.85. The molecule has 45 heavy (non-hydrogen) atoms. The first-order valence-electron chi connectivity index (χ1n) is 12.4. The maximum absolute atomic E-state index is 12.8. The highest BCUT2D eigenvalue weighted by Gasteiger charge is 2.59. The fourth-order valence-corrected chi connectivity index (χ4v) is 4.06. The molecule has 0 radical (unpaired) electrons. The van der Waals surface area contributed by atoms with Crippen molar-refractivity contribution in [1.29, 1.82) is 0 Å². The second-order valence-electron chi connectivity index (χ2n) is 9.61. The molecule has 1 aliphatic heterocycles. The highest BCUT2D eigenvalue weighted by atomic mass is 16.7. The Balaban J connectivity index is 1.56. The molecular weight excluding hydrogens is 612 g/mol. The zero-order valence-electron chi connectivity index (χ0n) is 22.4. The van der Waals surface area contributed by atoms with E-state index in [0.717, 1.165) is 12.1 Å². The second-order valence-corrected chi connectivity index (χ2v) is 9.61. The average molecular weight is 636 g/mol. The number of esters is 3. The topological polar surface area (TPSA) is 311 Å². The lowest BCUT2D eigenvalue weighted by Gasteiger charge is -2.29. The number of benzene rings is 3. The van der Waals surface area contributed by atoms with Crippen LogP contribution < -0.4 is 0 Å². The van der Waals surface area contributed by atoms with Gasteiger partial charge >= 0.3 is 17.9 Å². The van der Waals surface area contributed by atoms with Crippen molar-refractivity contribution in [3.63, 3.8) is 0 Å². The molecule has 11 N–H and O–H groups in total. The number of carbonyl (C=O) groups is 3. The van der Waals surface area contributed by atoms with Gasteiger partial charge in [-0.15, -0.1) is 0 Å². The van der Waals surface area contributed by atoms with Gasteiger partial charge in [0.15, 0.2) is 57.3 Å². The van der Waals surface area contributed by atoms with Gasteiger partial charge in [-0.05, 0) is 36.4 Å². The number of aliphatic hydroxyl groups excluding tert-OH is 1. The van der Waals surface area contributed by atoms with Crippen LogP contribution >= 0.6 is 0 Å². The minimum atomic E-state index is -2.83. The summed E-state index contributed by atoms with van der Waals surface area (Å²) in [7, 11) is 0. The number of phenolic OH excluding ortho intramolecular Hbond substituents is 9. The smallest absolute Gasteiger partial charge is 0.340 e. The molecule has 18 heteroatoms. The molecule has 0 aliphatic carbocycles. The van der Waals surface area contributed by atoms with E-state index in [4.69, 9.17) is 18.9 Å². The normalized spacial score (nSPS) is 20.8. The van der Waals surface area contributed by atoms with Gasteiger partial charge in [-0.1, -0.05) is 0 Å². The number of aliphatic hydroxyl groups is 2.